The van der Waals surface area contributed by atoms with Crippen LogP contribution >= 0.6 is 0 Å². The molecular weight excluding hydrogens is 377 g/mol. The summed E-state index contributed by atoms with van der Waals surface area (Å²) < 4.78 is 13.6. The van der Waals surface area contributed by atoms with Crippen molar-refractivity contribution in [2.45, 2.75) is 50.7 Å². The van der Waals surface area contributed by atoms with Crippen molar-refractivity contribution in [2.75, 3.05) is 6.54 Å². The van der Waals surface area contributed by atoms with Gasteiger partial charge in [-0.3, -0.25) is 9.69 Å². The SMILES string of the molecule is C=C(C(=O)NC1(N2CCc3cc(C#N)ccc3C2)CCCCC1)c1cccc(F)c1. The second-order valence-electron chi connectivity index (χ2n) is 8.30. The first-order valence-corrected chi connectivity index (χ1v) is 10.5. The van der Waals surface area contributed by atoms with E-state index in [0.29, 0.717) is 11.1 Å². The second-order valence-corrected chi connectivity index (χ2v) is 8.30. The lowest BCUT2D eigenvalue weighted by Gasteiger charge is -2.49. The fourth-order valence-electron chi connectivity index (χ4n) is 4.74. The number of benzene rings is 2. The Kier molecular flexibility index (Phi) is 5.69. The maximum absolute atomic E-state index is 13.6. The van der Waals surface area contributed by atoms with Gasteiger partial charge in [-0.15, -0.1) is 0 Å². The summed E-state index contributed by atoms with van der Waals surface area (Å²) in [6.45, 7) is 5.51. The van der Waals surface area contributed by atoms with E-state index in [0.717, 1.165) is 45.2 Å². The molecule has 1 N–H and O–H groups in total. The monoisotopic (exact) mass is 403 g/mol. The summed E-state index contributed by atoms with van der Waals surface area (Å²) in [6, 6.07) is 14.1. The van der Waals surface area contributed by atoms with Gasteiger partial charge < -0.3 is 5.32 Å². The lowest BCUT2D eigenvalue weighted by Crippen LogP contribution is -2.62. The number of nitriles is 1. The fourth-order valence-corrected chi connectivity index (χ4v) is 4.74. The highest BCUT2D eigenvalue weighted by molar-refractivity contribution is 6.18. The van der Waals surface area contributed by atoms with Gasteiger partial charge in [0.05, 0.1) is 17.3 Å². The quantitative estimate of drug-likeness (QED) is 0.762. The van der Waals surface area contributed by atoms with Gasteiger partial charge in [0.2, 0.25) is 0 Å². The van der Waals surface area contributed by atoms with Crippen LogP contribution in [0.25, 0.3) is 5.57 Å². The third kappa shape index (κ3) is 4.01. The maximum Gasteiger partial charge on any atom is 0.252 e. The van der Waals surface area contributed by atoms with Crippen LogP contribution in [-0.2, 0) is 17.8 Å². The molecule has 5 heteroatoms. The molecule has 2 aromatic rings. The number of hydrogen-bond donors (Lipinski definition) is 1. The first-order chi connectivity index (χ1) is 14.5. The summed E-state index contributed by atoms with van der Waals surface area (Å²) in [5, 5.41) is 12.4. The summed E-state index contributed by atoms with van der Waals surface area (Å²) >= 11 is 0. The average Bonchev–Trinajstić information content (AvgIpc) is 2.78. The molecule has 0 aromatic heterocycles. The molecule has 4 rings (SSSR count). The number of halogens is 1. The molecule has 0 radical (unpaired) electrons. The van der Waals surface area contributed by atoms with E-state index in [9.17, 15) is 9.18 Å². The molecule has 0 bridgehead atoms. The molecule has 1 amide bonds. The lowest BCUT2D eigenvalue weighted by molar-refractivity contribution is -0.122. The van der Waals surface area contributed by atoms with Gasteiger partial charge in [0.25, 0.3) is 5.91 Å². The van der Waals surface area contributed by atoms with Gasteiger partial charge in [0.15, 0.2) is 0 Å². The minimum Gasteiger partial charge on any atom is -0.334 e. The van der Waals surface area contributed by atoms with E-state index in [4.69, 9.17) is 5.26 Å². The summed E-state index contributed by atoms with van der Waals surface area (Å²) in [5.41, 5.74) is 3.49. The molecule has 1 fully saturated rings. The number of amides is 1. The Morgan fingerprint density at radius 3 is 2.67 bits per heavy atom. The van der Waals surface area contributed by atoms with Crippen molar-refractivity contribution < 1.29 is 9.18 Å². The van der Waals surface area contributed by atoms with Crippen LogP contribution < -0.4 is 5.32 Å². The lowest BCUT2D eigenvalue weighted by atomic mass is 9.84. The first kappa shape index (κ1) is 20.3. The van der Waals surface area contributed by atoms with Crippen LogP contribution in [0.5, 0.6) is 0 Å². The van der Waals surface area contributed by atoms with Crippen molar-refractivity contribution in [3.8, 4) is 6.07 Å². The van der Waals surface area contributed by atoms with E-state index < -0.39 is 5.66 Å². The number of nitrogens with zero attached hydrogens (tertiary/aromatic N) is 2. The zero-order chi connectivity index (χ0) is 21.1. The fraction of sp³-hybridized carbons (Fsp3) is 0.360. The molecular formula is C25H26FN3O. The normalized spacial score (nSPS) is 18.1. The molecule has 4 nitrogen and oxygen atoms in total. The smallest absolute Gasteiger partial charge is 0.252 e. The number of carbonyl (C=O) groups excluding carboxylic acids is 1. The number of carbonyl (C=O) groups is 1. The van der Waals surface area contributed by atoms with Crippen molar-refractivity contribution in [3.63, 3.8) is 0 Å². The van der Waals surface area contributed by atoms with Crippen molar-refractivity contribution in [2.24, 2.45) is 0 Å². The molecule has 0 spiro atoms. The number of fused-ring (bicyclic) bond motifs is 1. The highest BCUT2D eigenvalue weighted by Gasteiger charge is 2.40. The standard InChI is InChI=1S/C25H26FN3O/c1-18(20-6-5-7-23(26)15-20)24(30)28-25(11-3-2-4-12-25)29-13-10-21-14-19(16-27)8-9-22(21)17-29/h5-9,14-15H,1-4,10-13,17H2,(H,28,30). The average molecular weight is 404 g/mol. The molecule has 1 heterocycles. The third-order valence-electron chi connectivity index (χ3n) is 6.43. The molecule has 0 saturated heterocycles. The first-order valence-electron chi connectivity index (χ1n) is 10.5. The Balaban J connectivity index is 1.56. The Morgan fingerprint density at radius 2 is 1.93 bits per heavy atom. The molecule has 0 unspecified atom stereocenters. The van der Waals surface area contributed by atoms with Crippen LogP contribution in [0.2, 0.25) is 0 Å². The van der Waals surface area contributed by atoms with E-state index in [1.807, 2.05) is 18.2 Å². The van der Waals surface area contributed by atoms with Gasteiger partial charge in [-0.1, -0.05) is 31.2 Å². The van der Waals surface area contributed by atoms with Gasteiger partial charge in [0.1, 0.15) is 5.82 Å². The summed E-state index contributed by atoms with van der Waals surface area (Å²) in [5.74, 6) is -0.619. The Bertz CT molecular complexity index is 1020. The molecule has 0 atom stereocenters. The van der Waals surface area contributed by atoms with Crippen LogP contribution in [-0.4, -0.2) is 23.0 Å². The van der Waals surface area contributed by atoms with Crippen molar-refractivity contribution in [1.82, 2.24) is 10.2 Å². The minimum absolute atomic E-state index is 0.242. The summed E-state index contributed by atoms with van der Waals surface area (Å²) in [6.07, 6.45) is 5.92. The van der Waals surface area contributed by atoms with Crippen LogP contribution in [0, 0.1) is 17.1 Å². The zero-order valence-corrected chi connectivity index (χ0v) is 17.1. The minimum atomic E-state index is -0.419. The van der Waals surface area contributed by atoms with Crippen LogP contribution in [0.1, 0.15) is 54.4 Å². The molecule has 1 saturated carbocycles. The highest BCUT2D eigenvalue weighted by atomic mass is 19.1. The topological polar surface area (TPSA) is 56.1 Å². The molecule has 2 aromatic carbocycles. The Labute approximate surface area is 177 Å². The van der Waals surface area contributed by atoms with E-state index in [2.05, 4.69) is 22.9 Å². The molecule has 1 aliphatic heterocycles. The predicted octanol–water partition coefficient (Wildman–Crippen LogP) is 4.55. The van der Waals surface area contributed by atoms with Gasteiger partial charge >= 0.3 is 0 Å². The van der Waals surface area contributed by atoms with Gasteiger partial charge in [-0.05, 0) is 73.1 Å². The summed E-state index contributed by atoms with van der Waals surface area (Å²) in [7, 11) is 0. The second kappa shape index (κ2) is 8.41. The van der Waals surface area contributed by atoms with Crippen molar-refractivity contribution in [1.29, 1.82) is 5.26 Å². The molecule has 154 valence electrons. The van der Waals surface area contributed by atoms with Gasteiger partial charge in [-0.25, -0.2) is 4.39 Å². The van der Waals surface area contributed by atoms with E-state index in [1.54, 1.807) is 12.1 Å². The van der Waals surface area contributed by atoms with Crippen LogP contribution in [0.15, 0.2) is 49.0 Å². The maximum atomic E-state index is 13.6. The van der Waals surface area contributed by atoms with E-state index >= 15 is 0 Å². The van der Waals surface area contributed by atoms with Crippen LogP contribution in [0.3, 0.4) is 0 Å². The zero-order valence-electron chi connectivity index (χ0n) is 17.1. The summed E-state index contributed by atoms with van der Waals surface area (Å²) in [4.78, 5) is 15.5. The predicted molar refractivity (Wildman–Crippen MR) is 115 cm³/mol. The number of rotatable bonds is 4. The van der Waals surface area contributed by atoms with Crippen molar-refractivity contribution >= 4 is 11.5 Å². The molecule has 30 heavy (non-hydrogen) atoms. The molecule has 1 aliphatic carbocycles. The molecule has 2 aliphatic rings. The number of hydrogen-bond acceptors (Lipinski definition) is 3. The highest BCUT2D eigenvalue weighted by Crippen LogP contribution is 2.36. The van der Waals surface area contributed by atoms with Crippen LogP contribution in [0.4, 0.5) is 4.39 Å². The van der Waals surface area contributed by atoms with E-state index in [1.165, 1.54) is 29.7 Å². The van der Waals surface area contributed by atoms with E-state index in [-0.39, 0.29) is 17.3 Å². The Hall–Kier alpha value is -2.97. The van der Waals surface area contributed by atoms with Gasteiger partial charge in [-0.2, -0.15) is 5.26 Å². The largest absolute Gasteiger partial charge is 0.334 e. The van der Waals surface area contributed by atoms with Gasteiger partial charge in [0, 0.05) is 18.7 Å². The van der Waals surface area contributed by atoms with Crippen molar-refractivity contribution in [3.05, 3.63) is 77.1 Å². The third-order valence-corrected chi connectivity index (χ3v) is 6.43. The number of nitrogens with one attached hydrogen (secondary N) is 1. The Morgan fingerprint density at radius 1 is 1.13 bits per heavy atom.